The van der Waals surface area contributed by atoms with Crippen LogP contribution >= 0.6 is 0 Å². The van der Waals surface area contributed by atoms with Gasteiger partial charge in [0.25, 0.3) is 5.56 Å². The predicted molar refractivity (Wildman–Crippen MR) is 35.1 cm³/mol. The fourth-order valence-electron chi connectivity index (χ4n) is 0.624. The van der Waals surface area contributed by atoms with Gasteiger partial charge in [-0.3, -0.25) is 14.6 Å². The first-order valence-electron chi connectivity index (χ1n) is 2.79. The van der Waals surface area contributed by atoms with Gasteiger partial charge in [0.05, 0.1) is 0 Å². The van der Waals surface area contributed by atoms with E-state index in [0.29, 0.717) is 0 Å². The van der Waals surface area contributed by atoms with Crippen LogP contribution in [0.2, 0.25) is 0 Å². The van der Waals surface area contributed by atoms with Crippen molar-refractivity contribution in [3.8, 4) is 0 Å². The molecule has 0 amide bonds. The van der Waals surface area contributed by atoms with Gasteiger partial charge in [-0.15, -0.1) is 0 Å². The van der Waals surface area contributed by atoms with Crippen LogP contribution in [-0.4, -0.2) is 9.78 Å². The Morgan fingerprint density at radius 2 is 2.56 bits per heavy atom. The van der Waals surface area contributed by atoms with E-state index in [1.165, 1.54) is 0 Å². The minimum absolute atomic E-state index is 0.211. The van der Waals surface area contributed by atoms with E-state index in [9.17, 15) is 4.79 Å². The van der Waals surface area contributed by atoms with Crippen molar-refractivity contribution in [1.82, 2.24) is 9.78 Å². The smallest absolute Gasteiger partial charge is 0.287 e. The zero-order chi connectivity index (χ0) is 6.85. The quantitative estimate of drug-likeness (QED) is 0.547. The summed E-state index contributed by atoms with van der Waals surface area (Å²) < 4.78 is 1.64. The lowest BCUT2D eigenvalue weighted by atomic mass is 10.6. The van der Waals surface area contributed by atoms with Gasteiger partial charge in [-0.2, -0.15) is 0 Å². The molecule has 0 radical (unpaired) electrons. The van der Waals surface area contributed by atoms with Crippen LogP contribution in [0.4, 0.5) is 5.69 Å². The number of nitrogens with one attached hydrogen (secondary N) is 1. The Balaban J connectivity index is 3.13. The molecule has 0 aliphatic carbocycles. The van der Waals surface area contributed by atoms with Gasteiger partial charge in [0.15, 0.2) is 0 Å². The number of aromatic nitrogens is 2. The molecule has 0 fully saturated rings. The maximum atomic E-state index is 10.6. The summed E-state index contributed by atoms with van der Waals surface area (Å²) in [4.78, 5) is 10.6. The molecule has 0 aromatic carbocycles. The summed E-state index contributed by atoms with van der Waals surface area (Å²) in [6, 6.07) is 0. The van der Waals surface area contributed by atoms with Crippen LogP contribution in [0.25, 0.3) is 0 Å². The van der Waals surface area contributed by atoms with E-state index in [1.807, 2.05) is 6.92 Å². The Labute approximate surface area is 52.3 Å². The summed E-state index contributed by atoms with van der Waals surface area (Å²) >= 11 is 0. The van der Waals surface area contributed by atoms with Crippen LogP contribution < -0.4 is 11.3 Å². The zero-order valence-electron chi connectivity index (χ0n) is 5.22. The van der Waals surface area contributed by atoms with E-state index in [1.54, 1.807) is 10.9 Å². The second kappa shape index (κ2) is 1.97. The van der Waals surface area contributed by atoms with Crippen molar-refractivity contribution in [3.63, 3.8) is 0 Å². The zero-order valence-corrected chi connectivity index (χ0v) is 5.22. The van der Waals surface area contributed by atoms with E-state index in [-0.39, 0.29) is 11.2 Å². The van der Waals surface area contributed by atoms with E-state index in [0.717, 1.165) is 6.54 Å². The molecule has 0 aliphatic rings. The molecule has 1 heterocycles. The van der Waals surface area contributed by atoms with Crippen LogP contribution in [-0.2, 0) is 6.54 Å². The maximum absolute atomic E-state index is 10.6. The first-order valence-corrected chi connectivity index (χ1v) is 2.79. The summed E-state index contributed by atoms with van der Waals surface area (Å²) in [5.74, 6) is 0. The molecule has 1 aromatic heterocycles. The minimum atomic E-state index is -0.211. The lowest BCUT2D eigenvalue weighted by Gasteiger charge is -1.90. The molecule has 50 valence electrons. The summed E-state index contributed by atoms with van der Waals surface area (Å²) in [6.45, 7) is 2.67. The Morgan fingerprint density at radius 1 is 1.89 bits per heavy atom. The number of H-pyrrole nitrogens is 1. The number of anilines is 1. The average Bonchev–Trinajstić information content (AvgIpc) is 2.13. The minimum Gasteiger partial charge on any atom is -0.393 e. The largest absolute Gasteiger partial charge is 0.393 e. The van der Waals surface area contributed by atoms with Gasteiger partial charge in [-0.05, 0) is 6.92 Å². The molecular weight excluding hydrogens is 118 g/mol. The maximum Gasteiger partial charge on any atom is 0.287 e. The number of rotatable bonds is 1. The number of nitrogens with two attached hydrogens (primary N) is 1. The molecule has 9 heavy (non-hydrogen) atoms. The summed E-state index contributed by atoms with van der Waals surface area (Å²) in [5, 5.41) is 2.53. The third kappa shape index (κ3) is 0.960. The van der Waals surface area contributed by atoms with E-state index < -0.39 is 0 Å². The Morgan fingerprint density at radius 3 is 2.78 bits per heavy atom. The first kappa shape index (κ1) is 5.94. The third-order valence-electron chi connectivity index (χ3n) is 1.14. The monoisotopic (exact) mass is 127 g/mol. The molecule has 0 bridgehead atoms. The van der Waals surface area contributed by atoms with Crippen molar-refractivity contribution in [2.24, 2.45) is 0 Å². The molecule has 0 atom stereocenters. The van der Waals surface area contributed by atoms with Gasteiger partial charge < -0.3 is 5.73 Å². The molecule has 0 aliphatic heterocycles. The van der Waals surface area contributed by atoms with Gasteiger partial charge in [-0.1, -0.05) is 0 Å². The molecule has 1 aromatic rings. The van der Waals surface area contributed by atoms with Gasteiger partial charge in [0, 0.05) is 12.7 Å². The van der Waals surface area contributed by atoms with Gasteiger partial charge in [0.1, 0.15) is 5.69 Å². The normalized spacial score (nSPS) is 9.89. The second-order valence-corrected chi connectivity index (χ2v) is 1.81. The third-order valence-corrected chi connectivity index (χ3v) is 1.14. The van der Waals surface area contributed by atoms with Gasteiger partial charge >= 0.3 is 0 Å². The molecule has 4 heteroatoms. The number of aryl methyl sites for hydroxylation is 1. The van der Waals surface area contributed by atoms with Crippen LogP contribution in [0.15, 0.2) is 11.0 Å². The summed E-state index contributed by atoms with van der Waals surface area (Å²) in [5.41, 5.74) is 5.32. The SMILES string of the molecule is CCn1cc(N)c(=O)[nH]1. The topological polar surface area (TPSA) is 63.8 Å². The molecule has 3 N–H and O–H groups in total. The standard InChI is InChI=1S/C5H9N3O/c1-2-8-3-4(6)5(9)7-8/h3H,2,6H2,1H3,(H,7,9). The first-order chi connectivity index (χ1) is 4.24. The molecule has 0 saturated carbocycles. The fourth-order valence-corrected chi connectivity index (χ4v) is 0.624. The van der Waals surface area contributed by atoms with Crippen molar-refractivity contribution in [3.05, 3.63) is 16.6 Å². The van der Waals surface area contributed by atoms with Crippen molar-refractivity contribution in [2.45, 2.75) is 13.5 Å². The number of hydrogen-bond acceptors (Lipinski definition) is 2. The average molecular weight is 127 g/mol. The highest BCUT2D eigenvalue weighted by Gasteiger charge is 1.94. The highest BCUT2D eigenvalue weighted by Crippen LogP contribution is 1.88. The number of nitrogen functional groups attached to an aromatic ring is 1. The molecule has 4 nitrogen and oxygen atoms in total. The van der Waals surface area contributed by atoms with Crippen LogP contribution in [0.5, 0.6) is 0 Å². The molecular formula is C5H9N3O. The fraction of sp³-hybridized carbons (Fsp3) is 0.400. The highest BCUT2D eigenvalue weighted by molar-refractivity contribution is 5.30. The highest BCUT2D eigenvalue weighted by atomic mass is 16.1. The van der Waals surface area contributed by atoms with Crippen molar-refractivity contribution >= 4 is 5.69 Å². The summed E-state index contributed by atoms with van der Waals surface area (Å²) in [6.07, 6.45) is 1.59. The predicted octanol–water partition coefficient (Wildman–Crippen LogP) is -0.221. The van der Waals surface area contributed by atoms with Crippen LogP contribution in [0.1, 0.15) is 6.92 Å². The Bertz CT molecular complexity index is 247. The lowest BCUT2D eigenvalue weighted by molar-refractivity contribution is 0.653. The van der Waals surface area contributed by atoms with Gasteiger partial charge in [-0.25, -0.2) is 0 Å². The summed E-state index contributed by atoms with van der Waals surface area (Å²) in [7, 11) is 0. The number of nitrogens with zero attached hydrogens (tertiary/aromatic N) is 1. The number of aromatic amines is 1. The van der Waals surface area contributed by atoms with Gasteiger partial charge in [0.2, 0.25) is 0 Å². The van der Waals surface area contributed by atoms with Crippen molar-refractivity contribution < 1.29 is 0 Å². The van der Waals surface area contributed by atoms with Crippen molar-refractivity contribution in [2.75, 3.05) is 5.73 Å². The Hall–Kier alpha value is -1.19. The molecule has 0 unspecified atom stereocenters. The molecule has 0 saturated heterocycles. The Kier molecular flexibility index (Phi) is 1.30. The van der Waals surface area contributed by atoms with E-state index >= 15 is 0 Å². The molecule has 0 spiro atoms. The second-order valence-electron chi connectivity index (χ2n) is 1.81. The molecule has 1 rings (SSSR count). The lowest BCUT2D eigenvalue weighted by Crippen LogP contribution is -2.06. The van der Waals surface area contributed by atoms with Crippen LogP contribution in [0, 0.1) is 0 Å². The van der Waals surface area contributed by atoms with Crippen molar-refractivity contribution in [1.29, 1.82) is 0 Å². The number of hydrogen-bond donors (Lipinski definition) is 2. The van der Waals surface area contributed by atoms with E-state index in [4.69, 9.17) is 5.73 Å². The van der Waals surface area contributed by atoms with Crippen LogP contribution in [0.3, 0.4) is 0 Å². The van der Waals surface area contributed by atoms with E-state index in [2.05, 4.69) is 5.10 Å².